The Labute approximate surface area is 132 Å². The third-order valence-electron chi connectivity index (χ3n) is 5.58. The van der Waals surface area contributed by atoms with E-state index in [0.29, 0.717) is 12.0 Å². The van der Waals surface area contributed by atoms with E-state index in [4.69, 9.17) is 0 Å². The Morgan fingerprint density at radius 3 is 2.76 bits per heavy atom. The molecular weight excluding hydrogens is 274 g/mol. The maximum atomic E-state index is 3.61. The summed E-state index contributed by atoms with van der Waals surface area (Å²) in [5, 5.41) is 7.23. The molecule has 1 N–H and O–H groups in total. The minimum Gasteiger partial charge on any atom is -0.317 e. The summed E-state index contributed by atoms with van der Waals surface area (Å²) in [6.45, 7) is 7.30. The van der Waals surface area contributed by atoms with Gasteiger partial charge >= 0.3 is 0 Å². The van der Waals surface area contributed by atoms with Crippen molar-refractivity contribution in [3.63, 3.8) is 0 Å². The van der Waals surface area contributed by atoms with Crippen LogP contribution in [0.3, 0.4) is 0 Å². The van der Waals surface area contributed by atoms with Crippen LogP contribution in [0.15, 0.2) is 29.6 Å². The maximum absolute atomic E-state index is 3.61. The van der Waals surface area contributed by atoms with Gasteiger partial charge in [0.05, 0.1) is 0 Å². The van der Waals surface area contributed by atoms with Crippen molar-refractivity contribution in [2.75, 3.05) is 7.05 Å². The highest BCUT2D eigenvalue weighted by atomic mass is 32.1. The van der Waals surface area contributed by atoms with Crippen molar-refractivity contribution < 1.29 is 0 Å². The van der Waals surface area contributed by atoms with E-state index in [-0.39, 0.29) is 5.41 Å². The molecule has 0 radical (unpaired) electrons. The van der Waals surface area contributed by atoms with Crippen LogP contribution in [0.1, 0.15) is 45.6 Å². The molecule has 1 nitrogen and oxygen atoms in total. The van der Waals surface area contributed by atoms with Gasteiger partial charge in [0, 0.05) is 10.7 Å². The van der Waals surface area contributed by atoms with Gasteiger partial charge in [0.1, 0.15) is 0 Å². The van der Waals surface area contributed by atoms with Crippen LogP contribution < -0.4 is 5.32 Å². The lowest BCUT2D eigenvalue weighted by Crippen LogP contribution is -2.47. The van der Waals surface area contributed by atoms with Gasteiger partial charge in [-0.05, 0) is 59.5 Å². The molecule has 1 aliphatic rings. The van der Waals surface area contributed by atoms with Gasteiger partial charge in [-0.3, -0.25) is 0 Å². The molecule has 0 aliphatic heterocycles. The molecule has 0 bridgehead atoms. The first kappa shape index (κ1) is 15.1. The van der Waals surface area contributed by atoms with Crippen LogP contribution >= 0.6 is 11.3 Å². The van der Waals surface area contributed by atoms with Crippen molar-refractivity contribution in [1.82, 2.24) is 5.32 Å². The monoisotopic (exact) mass is 301 g/mol. The topological polar surface area (TPSA) is 12.0 Å². The standard InChI is InChI=1S/C19H27NS/c1-13-8-9-15(17(12-13)20-4)19(2,3)16-7-5-6-14-10-11-21-18(14)16/h5-7,10-11,13,15,17,20H,8-9,12H2,1-4H3. The molecule has 21 heavy (non-hydrogen) atoms. The van der Waals surface area contributed by atoms with Crippen LogP contribution in [0.2, 0.25) is 0 Å². The van der Waals surface area contributed by atoms with E-state index in [9.17, 15) is 0 Å². The summed E-state index contributed by atoms with van der Waals surface area (Å²) in [5.41, 5.74) is 1.76. The van der Waals surface area contributed by atoms with Crippen LogP contribution in [0.4, 0.5) is 0 Å². The van der Waals surface area contributed by atoms with Crippen molar-refractivity contribution in [1.29, 1.82) is 0 Å². The quantitative estimate of drug-likeness (QED) is 0.821. The van der Waals surface area contributed by atoms with Gasteiger partial charge in [0.25, 0.3) is 0 Å². The Balaban J connectivity index is 2.01. The van der Waals surface area contributed by atoms with E-state index in [2.05, 4.69) is 62.8 Å². The molecule has 1 saturated carbocycles. The molecule has 3 rings (SSSR count). The zero-order valence-electron chi connectivity index (χ0n) is 13.6. The average Bonchev–Trinajstić information content (AvgIpc) is 2.94. The Morgan fingerprint density at radius 1 is 1.19 bits per heavy atom. The van der Waals surface area contributed by atoms with Gasteiger partial charge < -0.3 is 5.32 Å². The summed E-state index contributed by atoms with van der Waals surface area (Å²) in [7, 11) is 2.14. The fraction of sp³-hybridized carbons (Fsp3) is 0.579. The van der Waals surface area contributed by atoms with Crippen molar-refractivity contribution in [3.8, 4) is 0 Å². The summed E-state index contributed by atoms with van der Waals surface area (Å²) in [6.07, 6.45) is 4.01. The summed E-state index contributed by atoms with van der Waals surface area (Å²) >= 11 is 1.89. The fourth-order valence-electron chi connectivity index (χ4n) is 4.26. The van der Waals surface area contributed by atoms with E-state index < -0.39 is 0 Å². The molecule has 1 aliphatic carbocycles. The van der Waals surface area contributed by atoms with Gasteiger partial charge in [-0.15, -0.1) is 11.3 Å². The Kier molecular flexibility index (Phi) is 4.11. The van der Waals surface area contributed by atoms with E-state index in [0.717, 1.165) is 5.92 Å². The third kappa shape index (κ3) is 2.64. The number of nitrogens with one attached hydrogen (secondary N) is 1. The molecule has 1 aromatic heterocycles. The average molecular weight is 301 g/mol. The van der Waals surface area contributed by atoms with Gasteiger partial charge in [-0.2, -0.15) is 0 Å². The molecule has 0 spiro atoms. The third-order valence-corrected chi connectivity index (χ3v) is 6.55. The van der Waals surface area contributed by atoms with Crippen LogP contribution in [0.25, 0.3) is 10.1 Å². The summed E-state index contributed by atoms with van der Waals surface area (Å²) in [4.78, 5) is 0. The van der Waals surface area contributed by atoms with Crippen LogP contribution in [0.5, 0.6) is 0 Å². The number of fused-ring (bicyclic) bond motifs is 1. The van der Waals surface area contributed by atoms with Crippen molar-refractivity contribution in [2.45, 2.75) is 51.5 Å². The number of hydrogen-bond donors (Lipinski definition) is 1. The molecule has 2 heteroatoms. The number of benzene rings is 1. The normalized spacial score (nSPS) is 27.1. The second-order valence-corrected chi connectivity index (χ2v) is 8.20. The Hall–Kier alpha value is -0.860. The second kappa shape index (κ2) is 5.73. The second-order valence-electron chi connectivity index (χ2n) is 7.29. The van der Waals surface area contributed by atoms with Gasteiger partial charge in [0.2, 0.25) is 0 Å². The van der Waals surface area contributed by atoms with Crippen molar-refractivity contribution >= 4 is 21.4 Å². The lowest BCUT2D eigenvalue weighted by atomic mass is 9.63. The lowest BCUT2D eigenvalue weighted by Gasteiger charge is -2.44. The highest BCUT2D eigenvalue weighted by molar-refractivity contribution is 7.17. The van der Waals surface area contributed by atoms with E-state index >= 15 is 0 Å². The number of rotatable bonds is 3. The predicted octanol–water partition coefficient (Wildman–Crippen LogP) is 5.20. The zero-order valence-corrected chi connectivity index (χ0v) is 14.5. The largest absolute Gasteiger partial charge is 0.317 e. The van der Waals surface area contributed by atoms with Crippen molar-refractivity contribution in [3.05, 3.63) is 35.2 Å². The zero-order chi connectivity index (χ0) is 15.0. The Bertz CT molecular complexity index is 613. The first-order valence-electron chi connectivity index (χ1n) is 8.18. The van der Waals surface area contributed by atoms with Crippen LogP contribution in [-0.2, 0) is 5.41 Å². The molecule has 0 amide bonds. The number of hydrogen-bond acceptors (Lipinski definition) is 2. The molecule has 1 heterocycles. The minimum atomic E-state index is 0.220. The minimum absolute atomic E-state index is 0.220. The molecule has 1 fully saturated rings. The van der Waals surface area contributed by atoms with E-state index in [1.165, 1.54) is 34.9 Å². The van der Waals surface area contributed by atoms with Gasteiger partial charge in [0.15, 0.2) is 0 Å². The fourth-order valence-corrected chi connectivity index (χ4v) is 5.34. The predicted molar refractivity (Wildman–Crippen MR) is 94.2 cm³/mol. The lowest BCUT2D eigenvalue weighted by molar-refractivity contribution is 0.152. The molecule has 2 aromatic rings. The highest BCUT2D eigenvalue weighted by Crippen LogP contribution is 2.45. The summed E-state index contributed by atoms with van der Waals surface area (Å²) < 4.78 is 1.48. The first-order valence-corrected chi connectivity index (χ1v) is 9.06. The van der Waals surface area contributed by atoms with Gasteiger partial charge in [-0.1, -0.05) is 45.4 Å². The van der Waals surface area contributed by atoms with Crippen LogP contribution in [-0.4, -0.2) is 13.1 Å². The molecule has 1 aromatic carbocycles. The molecule has 3 atom stereocenters. The van der Waals surface area contributed by atoms with Crippen LogP contribution in [0, 0.1) is 11.8 Å². The molecule has 114 valence electrons. The smallest absolute Gasteiger partial charge is 0.0380 e. The van der Waals surface area contributed by atoms with E-state index in [1.807, 2.05) is 11.3 Å². The highest BCUT2D eigenvalue weighted by Gasteiger charge is 2.40. The summed E-state index contributed by atoms with van der Waals surface area (Å²) in [6, 6.07) is 9.70. The van der Waals surface area contributed by atoms with Gasteiger partial charge in [-0.25, -0.2) is 0 Å². The molecular formula is C19H27NS. The first-order chi connectivity index (χ1) is 10.0. The molecule has 0 saturated heterocycles. The SMILES string of the molecule is CNC1CC(C)CCC1C(C)(C)c1cccc2ccsc12. The summed E-state index contributed by atoms with van der Waals surface area (Å²) in [5.74, 6) is 1.57. The van der Waals surface area contributed by atoms with E-state index in [1.54, 1.807) is 0 Å². The van der Waals surface area contributed by atoms with Crippen molar-refractivity contribution in [2.24, 2.45) is 11.8 Å². The Morgan fingerprint density at radius 2 is 2.00 bits per heavy atom. The maximum Gasteiger partial charge on any atom is 0.0380 e. The molecule has 3 unspecified atom stereocenters. The number of thiophene rings is 1.